The van der Waals surface area contributed by atoms with Crippen molar-refractivity contribution in [1.29, 1.82) is 0 Å². The van der Waals surface area contributed by atoms with E-state index in [9.17, 15) is 5.11 Å². The summed E-state index contributed by atoms with van der Waals surface area (Å²) in [6, 6.07) is 5.10. The molecule has 0 bridgehead atoms. The summed E-state index contributed by atoms with van der Waals surface area (Å²) in [4.78, 5) is 4.35. The third kappa shape index (κ3) is 2.64. The second-order valence-corrected chi connectivity index (χ2v) is 4.12. The maximum Gasteiger partial charge on any atom is 0.258 e. The van der Waals surface area contributed by atoms with Gasteiger partial charge in [-0.2, -0.15) is 4.98 Å². The van der Waals surface area contributed by atoms with Gasteiger partial charge >= 0.3 is 0 Å². The predicted molar refractivity (Wildman–Crippen MR) is 64.7 cm³/mol. The van der Waals surface area contributed by atoms with Crippen molar-refractivity contribution in [3.05, 3.63) is 29.6 Å². The maximum absolute atomic E-state index is 9.34. The first-order chi connectivity index (χ1) is 8.20. The van der Waals surface area contributed by atoms with E-state index in [1.807, 2.05) is 6.92 Å². The first kappa shape index (κ1) is 11.6. The van der Waals surface area contributed by atoms with Crippen molar-refractivity contribution in [2.45, 2.75) is 33.1 Å². The quantitative estimate of drug-likeness (QED) is 0.880. The molecule has 0 unspecified atom stereocenters. The molecule has 0 saturated carbocycles. The molecule has 0 amide bonds. The van der Waals surface area contributed by atoms with Gasteiger partial charge in [-0.15, -0.1) is 0 Å². The molecule has 0 aliphatic carbocycles. The molecule has 0 radical (unpaired) electrons. The number of aromatic nitrogens is 2. The molecule has 1 N–H and O–H groups in total. The summed E-state index contributed by atoms with van der Waals surface area (Å²) < 4.78 is 5.23. The van der Waals surface area contributed by atoms with Crippen molar-refractivity contribution in [3.8, 4) is 17.2 Å². The number of phenols is 1. The lowest BCUT2D eigenvalue weighted by atomic mass is 10.1. The molecule has 0 spiro atoms. The van der Waals surface area contributed by atoms with E-state index < -0.39 is 0 Å². The van der Waals surface area contributed by atoms with Crippen molar-refractivity contribution in [1.82, 2.24) is 10.1 Å². The molecule has 0 aliphatic rings. The van der Waals surface area contributed by atoms with Crippen LogP contribution in [0.1, 0.15) is 31.2 Å². The van der Waals surface area contributed by atoms with Gasteiger partial charge in [0.2, 0.25) is 0 Å². The number of nitrogens with zero attached hydrogens (tertiary/aromatic N) is 2. The highest BCUT2D eigenvalue weighted by molar-refractivity contribution is 5.59. The van der Waals surface area contributed by atoms with E-state index in [4.69, 9.17) is 4.52 Å². The number of hydrogen-bond acceptors (Lipinski definition) is 4. The van der Waals surface area contributed by atoms with Gasteiger partial charge in [0.15, 0.2) is 5.82 Å². The molecular weight excluding hydrogens is 216 g/mol. The highest BCUT2D eigenvalue weighted by atomic mass is 16.5. The van der Waals surface area contributed by atoms with E-state index in [0.29, 0.717) is 5.89 Å². The van der Waals surface area contributed by atoms with Gasteiger partial charge in [-0.05, 0) is 37.1 Å². The van der Waals surface area contributed by atoms with Crippen molar-refractivity contribution in [2.75, 3.05) is 0 Å². The third-order valence-electron chi connectivity index (χ3n) is 2.66. The second-order valence-electron chi connectivity index (χ2n) is 4.12. The molecule has 17 heavy (non-hydrogen) atoms. The monoisotopic (exact) mass is 232 g/mol. The fourth-order valence-corrected chi connectivity index (χ4v) is 1.69. The Hall–Kier alpha value is -1.84. The normalized spacial score (nSPS) is 10.7. The lowest BCUT2D eigenvalue weighted by molar-refractivity contribution is 0.421. The van der Waals surface area contributed by atoms with Gasteiger partial charge in [-0.3, -0.25) is 0 Å². The number of rotatable bonds is 4. The number of hydrogen-bond donors (Lipinski definition) is 1. The molecule has 1 aromatic carbocycles. The van der Waals surface area contributed by atoms with Gasteiger partial charge < -0.3 is 9.63 Å². The molecule has 4 heteroatoms. The van der Waals surface area contributed by atoms with Crippen LogP contribution in [0.15, 0.2) is 22.7 Å². The lowest BCUT2D eigenvalue weighted by Gasteiger charge is -2.00. The molecule has 0 aliphatic heterocycles. The van der Waals surface area contributed by atoms with Crippen LogP contribution in [-0.2, 0) is 6.42 Å². The molecule has 2 rings (SSSR count). The van der Waals surface area contributed by atoms with Crippen molar-refractivity contribution >= 4 is 0 Å². The highest BCUT2D eigenvalue weighted by Crippen LogP contribution is 2.25. The standard InChI is InChI=1S/C13H16N2O2/c1-3-4-5-12-14-13(17-15-12)11-7-6-10(16)8-9(11)2/h6-8,16H,3-5H2,1-2H3. The molecule has 0 saturated heterocycles. The zero-order valence-corrected chi connectivity index (χ0v) is 10.1. The number of aromatic hydroxyl groups is 1. The van der Waals surface area contributed by atoms with Gasteiger partial charge in [0.1, 0.15) is 5.75 Å². The van der Waals surface area contributed by atoms with Crippen molar-refractivity contribution in [2.24, 2.45) is 0 Å². The van der Waals surface area contributed by atoms with Gasteiger partial charge in [0.25, 0.3) is 5.89 Å². The minimum atomic E-state index is 0.247. The van der Waals surface area contributed by atoms with Crippen LogP contribution >= 0.6 is 0 Å². The molecule has 1 heterocycles. The topological polar surface area (TPSA) is 59.2 Å². The summed E-state index contributed by atoms with van der Waals surface area (Å²) in [6.45, 7) is 4.04. The van der Waals surface area contributed by atoms with Crippen LogP contribution in [0, 0.1) is 6.92 Å². The summed E-state index contributed by atoms with van der Waals surface area (Å²) in [5.41, 5.74) is 1.80. The Morgan fingerprint density at radius 2 is 2.18 bits per heavy atom. The Morgan fingerprint density at radius 3 is 2.88 bits per heavy atom. The Morgan fingerprint density at radius 1 is 1.35 bits per heavy atom. The Balaban J connectivity index is 2.24. The minimum Gasteiger partial charge on any atom is -0.508 e. The number of phenolic OH excluding ortho intramolecular Hbond substituents is 1. The van der Waals surface area contributed by atoms with Crippen molar-refractivity contribution in [3.63, 3.8) is 0 Å². The lowest BCUT2D eigenvalue weighted by Crippen LogP contribution is -1.88. The molecule has 1 aromatic heterocycles. The molecule has 0 atom stereocenters. The van der Waals surface area contributed by atoms with Crippen LogP contribution in [0.3, 0.4) is 0 Å². The van der Waals surface area contributed by atoms with Crippen LogP contribution < -0.4 is 0 Å². The third-order valence-corrected chi connectivity index (χ3v) is 2.66. The number of aryl methyl sites for hydroxylation is 2. The first-order valence-corrected chi connectivity index (χ1v) is 5.83. The second kappa shape index (κ2) is 4.99. The molecule has 2 aromatic rings. The van der Waals surface area contributed by atoms with Crippen LogP contribution in [-0.4, -0.2) is 15.2 Å². The average Bonchev–Trinajstić information content (AvgIpc) is 2.75. The predicted octanol–water partition coefficient (Wildman–Crippen LogP) is 3.09. The summed E-state index contributed by atoms with van der Waals surface area (Å²) in [5.74, 6) is 1.51. The summed E-state index contributed by atoms with van der Waals surface area (Å²) in [7, 11) is 0. The summed E-state index contributed by atoms with van der Waals surface area (Å²) in [5, 5.41) is 13.3. The van der Waals surface area contributed by atoms with Crippen LogP contribution in [0.4, 0.5) is 0 Å². The Kier molecular flexibility index (Phi) is 3.42. The van der Waals surface area contributed by atoms with Gasteiger partial charge in [-0.25, -0.2) is 0 Å². The van der Waals surface area contributed by atoms with Crippen LogP contribution in [0.5, 0.6) is 5.75 Å². The van der Waals surface area contributed by atoms with Gasteiger partial charge in [0.05, 0.1) is 0 Å². The molecular formula is C13H16N2O2. The largest absolute Gasteiger partial charge is 0.508 e. The minimum absolute atomic E-state index is 0.247. The fourth-order valence-electron chi connectivity index (χ4n) is 1.69. The average molecular weight is 232 g/mol. The Bertz CT molecular complexity index is 506. The fraction of sp³-hybridized carbons (Fsp3) is 0.385. The van der Waals surface area contributed by atoms with E-state index in [-0.39, 0.29) is 5.75 Å². The summed E-state index contributed by atoms with van der Waals surface area (Å²) >= 11 is 0. The van der Waals surface area contributed by atoms with E-state index in [1.54, 1.807) is 18.2 Å². The SMILES string of the molecule is CCCCc1noc(-c2ccc(O)cc2C)n1. The summed E-state index contributed by atoms with van der Waals surface area (Å²) in [6.07, 6.45) is 3.02. The van der Waals surface area contributed by atoms with E-state index in [0.717, 1.165) is 36.2 Å². The molecule has 90 valence electrons. The molecule has 4 nitrogen and oxygen atoms in total. The molecule has 0 fully saturated rings. The van der Waals surface area contributed by atoms with E-state index >= 15 is 0 Å². The zero-order chi connectivity index (χ0) is 12.3. The van der Waals surface area contributed by atoms with Crippen LogP contribution in [0.25, 0.3) is 11.5 Å². The van der Waals surface area contributed by atoms with E-state index in [1.165, 1.54) is 0 Å². The maximum atomic E-state index is 9.34. The van der Waals surface area contributed by atoms with E-state index in [2.05, 4.69) is 17.1 Å². The van der Waals surface area contributed by atoms with Crippen molar-refractivity contribution < 1.29 is 9.63 Å². The van der Waals surface area contributed by atoms with Gasteiger partial charge in [0, 0.05) is 12.0 Å². The first-order valence-electron chi connectivity index (χ1n) is 5.83. The smallest absolute Gasteiger partial charge is 0.258 e. The number of benzene rings is 1. The van der Waals surface area contributed by atoms with Crippen LogP contribution in [0.2, 0.25) is 0 Å². The zero-order valence-electron chi connectivity index (χ0n) is 10.1. The number of unbranched alkanes of at least 4 members (excludes halogenated alkanes) is 1. The Labute approximate surface area is 100 Å². The highest BCUT2D eigenvalue weighted by Gasteiger charge is 2.11. The van der Waals surface area contributed by atoms with Gasteiger partial charge in [-0.1, -0.05) is 18.5 Å².